The summed E-state index contributed by atoms with van der Waals surface area (Å²) in [7, 11) is 1.69. The predicted octanol–water partition coefficient (Wildman–Crippen LogP) is 0.182. The van der Waals surface area contributed by atoms with Crippen molar-refractivity contribution in [2.75, 3.05) is 26.7 Å². The molecule has 3 N–H and O–H groups in total. The zero-order valence-corrected chi connectivity index (χ0v) is 10.0. The number of likely N-dealkylation sites (N-methyl/N-ethyl adjacent to an activating group) is 1. The van der Waals surface area contributed by atoms with Gasteiger partial charge in [-0.2, -0.15) is 0 Å². The maximum absolute atomic E-state index is 11.5. The number of piperidine rings is 1. The molecule has 4 nitrogen and oxygen atoms in total. The summed E-state index contributed by atoms with van der Waals surface area (Å²) in [5.41, 5.74) is 6.02. The van der Waals surface area contributed by atoms with Crippen LogP contribution in [0.4, 0.5) is 0 Å². The summed E-state index contributed by atoms with van der Waals surface area (Å²) in [5, 5.41) is 2.69. The number of amides is 1. The Morgan fingerprint density at radius 2 is 2.07 bits per heavy atom. The third kappa shape index (κ3) is 2.92. The molecule has 0 aliphatic carbocycles. The molecule has 0 radical (unpaired) electrons. The summed E-state index contributed by atoms with van der Waals surface area (Å²) in [6.07, 6.45) is 2.18. The first-order chi connectivity index (χ1) is 7.02. The molecule has 0 saturated carbocycles. The van der Waals surface area contributed by atoms with Crippen LogP contribution >= 0.6 is 0 Å². The Labute approximate surface area is 92.2 Å². The van der Waals surface area contributed by atoms with E-state index in [-0.39, 0.29) is 17.4 Å². The summed E-state index contributed by atoms with van der Waals surface area (Å²) in [6, 6.07) is -0.0164. The average molecular weight is 213 g/mol. The second kappa shape index (κ2) is 4.94. The SMILES string of the molecule is CNC(=O)C(C)N1CCC(C)(CN)CC1. The van der Waals surface area contributed by atoms with Crippen molar-refractivity contribution in [2.24, 2.45) is 11.1 Å². The normalized spacial score (nSPS) is 23.5. The van der Waals surface area contributed by atoms with Gasteiger partial charge in [0.25, 0.3) is 0 Å². The van der Waals surface area contributed by atoms with E-state index in [1.165, 1.54) is 0 Å². The van der Waals surface area contributed by atoms with E-state index >= 15 is 0 Å². The first-order valence-corrected chi connectivity index (χ1v) is 5.68. The van der Waals surface area contributed by atoms with E-state index in [1.54, 1.807) is 7.05 Å². The van der Waals surface area contributed by atoms with Gasteiger partial charge in [0.2, 0.25) is 5.91 Å². The molecule has 1 amide bonds. The number of carbonyl (C=O) groups is 1. The molecule has 0 bridgehead atoms. The number of hydrogen-bond acceptors (Lipinski definition) is 3. The van der Waals surface area contributed by atoms with Crippen LogP contribution < -0.4 is 11.1 Å². The van der Waals surface area contributed by atoms with Crippen LogP contribution in [0.5, 0.6) is 0 Å². The van der Waals surface area contributed by atoms with Gasteiger partial charge < -0.3 is 11.1 Å². The lowest BCUT2D eigenvalue weighted by Crippen LogP contribution is -2.50. The monoisotopic (exact) mass is 213 g/mol. The number of carbonyl (C=O) groups excluding carboxylic acids is 1. The zero-order valence-electron chi connectivity index (χ0n) is 10.0. The van der Waals surface area contributed by atoms with Gasteiger partial charge in [0.05, 0.1) is 6.04 Å². The fourth-order valence-electron chi connectivity index (χ4n) is 2.03. The number of nitrogens with zero attached hydrogens (tertiary/aromatic N) is 1. The highest BCUT2D eigenvalue weighted by Gasteiger charge is 2.31. The quantitative estimate of drug-likeness (QED) is 0.703. The van der Waals surface area contributed by atoms with Gasteiger partial charge >= 0.3 is 0 Å². The Bertz CT molecular complexity index is 222. The molecule has 1 atom stereocenters. The van der Waals surface area contributed by atoms with Crippen LogP contribution in [0.1, 0.15) is 26.7 Å². The summed E-state index contributed by atoms with van der Waals surface area (Å²) >= 11 is 0. The number of rotatable bonds is 3. The third-order valence-corrected chi connectivity index (χ3v) is 3.67. The number of hydrogen-bond donors (Lipinski definition) is 2. The van der Waals surface area contributed by atoms with Gasteiger partial charge in [-0.05, 0) is 44.8 Å². The lowest BCUT2D eigenvalue weighted by Gasteiger charge is -2.40. The minimum absolute atomic E-state index is 0.0164. The van der Waals surface area contributed by atoms with Gasteiger partial charge in [-0.15, -0.1) is 0 Å². The molecule has 1 aliphatic heterocycles. The molecule has 1 saturated heterocycles. The number of nitrogens with one attached hydrogen (secondary N) is 1. The lowest BCUT2D eigenvalue weighted by molar-refractivity contribution is -0.126. The number of likely N-dealkylation sites (tertiary alicyclic amines) is 1. The fraction of sp³-hybridized carbons (Fsp3) is 0.909. The van der Waals surface area contributed by atoms with Crippen molar-refractivity contribution in [3.8, 4) is 0 Å². The van der Waals surface area contributed by atoms with Crippen molar-refractivity contribution in [3.63, 3.8) is 0 Å². The summed E-state index contributed by atoms with van der Waals surface area (Å²) in [6.45, 7) is 6.89. The smallest absolute Gasteiger partial charge is 0.236 e. The molecule has 0 aromatic carbocycles. The largest absolute Gasteiger partial charge is 0.358 e. The van der Waals surface area contributed by atoms with Crippen LogP contribution in [0, 0.1) is 5.41 Å². The van der Waals surface area contributed by atoms with Gasteiger partial charge in [-0.3, -0.25) is 9.69 Å². The molecule has 1 aliphatic rings. The molecule has 1 heterocycles. The fourth-order valence-corrected chi connectivity index (χ4v) is 2.03. The zero-order chi connectivity index (χ0) is 11.5. The van der Waals surface area contributed by atoms with Gasteiger partial charge in [-0.1, -0.05) is 6.92 Å². The highest BCUT2D eigenvalue weighted by molar-refractivity contribution is 5.80. The highest BCUT2D eigenvalue weighted by Crippen LogP contribution is 2.30. The van der Waals surface area contributed by atoms with Crippen molar-refractivity contribution in [1.82, 2.24) is 10.2 Å². The summed E-state index contributed by atoms with van der Waals surface area (Å²) in [5.74, 6) is 0.103. The Kier molecular flexibility index (Phi) is 4.11. The molecule has 0 aromatic heterocycles. The van der Waals surface area contributed by atoms with Crippen LogP contribution in [0.15, 0.2) is 0 Å². The first-order valence-electron chi connectivity index (χ1n) is 5.68. The Hall–Kier alpha value is -0.610. The van der Waals surface area contributed by atoms with Crippen molar-refractivity contribution < 1.29 is 4.79 Å². The molecule has 1 unspecified atom stereocenters. The van der Waals surface area contributed by atoms with Gasteiger partial charge in [0.1, 0.15) is 0 Å². The minimum atomic E-state index is -0.0164. The van der Waals surface area contributed by atoms with Crippen LogP contribution in [0.2, 0.25) is 0 Å². The second-order valence-electron chi connectivity index (χ2n) is 4.84. The molecule has 0 spiro atoms. The molecular weight excluding hydrogens is 190 g/mol. The molecule has 1 fully saturated rings. The van der Waals surface area contributed by atoms with Crippen molar-refractivity contribution in [3.05, 3.63) is 0 Å². The topological polar surface area (TPSA) is 58.4 Å². The Morgan fingerprint density at radius 3 is 2.47 bits per heavy atom. The van der Waals surface area contributed by atoms with Gasteiger partial charge in [0.15, 0.2) is 0 Å². The summed E-state index contributed by atoms with van der Waals surface area (Å²) in [4.78, 5) is 13.7. The minimum Gasteiger partial charge on any atom is -0.358 e. The standard InChI is InChI=1S/C11H23N3O/c1-9(10(15)13-3)14-6-4-11(2,8-12)5-7-14/h9H,4-8,12H2,1-3H3,(H,13,15). The third-order valence-electron chi connectivity index (χ3n) is 3.67. The van der Waals surface area contributed by atoms with E-state index in [2.05, 4.69) is 17.1 Å². The molecular formula is C11H23N3O. The molecule has 88 valence electrons. The Morgan fingerprint density at radius 1 is 1.53 bits per heavy atom. The van der Waals surface area contributed by atoms with Gasteiger partial charge in [0, 0.05) is 7.05 Å². The highest BCUT2D eigenvalue weighted by atomic mass is 16.2. The van der Waals surface area contributed by atoms with E-state index in [9.17, 15) is 4.79 Å². The van der Waals surface area contributed by atoms with E-state index in [1.807, 2.05) is 6.92 Å². The molecule has 15 heavy (non-hydrogen) atoms. The first kappa shape index (κ1) is 12.5. The number of nitrogens with two attached hydrogens (primary N) is 1. The van der Waals surface area contributed by atoms with E-state index < -0.39 is 0 Å². The van der Waals surface area contributed by atoms with E-state index in [0.717, 1.165) is 32.5 Å². The van der Waals surface area contributed by atoms with Crippen molar-refractivity contribution in [2.45, 2.75) is 32.7 Å². The molecule has 1 rings (SSSR count). The maximum Gasteiger partial charge on any atom is 0.236 e. The molecule has 0 aromatic rings. The predicted molar refractivity (Wildman–Crippen MR) is 61.5 cm³/mol. The van der Waals surface area contributed by atoms with E-state index in [4.69, 9.17) is 5.73 Å². The van der Waals surface area contributed by atoms with Crippen LogP contribution in [0.3, 0.4) is 0 Å². The van der Waals surface area contributed by atoms with Crippen LogP contribution in [-0.2, 0) is 4.79 Å². The van der Waals surface area contributed by atoms with Crippen molar-refractivity contribution >= 4 is 5.91 Å². The van der Waals surface area contributed by atoms with E-state index in [0.29, 0.717) is 0 Å². The average Bonchev–Trinajstić information content (AvgIpc) is 2.28. The maximum atomic E-state index is 11.5. The molecule has 4 heteroatoms. The Balaban J connectivity index is 2.47. The van der Waals surface area contributed by atoms with Crippen LogP contribution in [0.25, 0.3) is 0 Å². The van der Waals surface area contributed by atoms with Crippen molar-refractivity contribution in [1.29, 1.82) is 0 Å². The lowest BCUT2D eigenvalue weighted by atomic mass is 9.80. The van der Waals surface area contributed by atoms with Crippen LogP contribution in [-0.4, -0.2) is 43.5 Å². The van der Waals surface area contributed by atoms with Gasteiger partial charge in [-0.25, -0.2) is 0 Å². The summed E-state index contributed by atoms with van der Waals surface area (Å²) < 4.78 is 0. The second-order valence-corrected chi connectivity index (χ2v) is 4.84.